The van der Waals surface area contributed by atoms with Gasteiger partial charge in [0.15, 0.2) is 0 Å². The molecule has 0 radical (unpaired) electrons. The third-order valence-electron chi connectivity index (χ3n) is 6.95. The standard InChI is InChI=1S/C24H30N2O5S/c1-24(2,28)17-12-20(31-13-17)32(29,30)26-23(27)25-22-18-5-3-4-14(18)10-11-19(22)21(15-6-7-15)16-8-9-16/h10-13,15-16,21,28H,3-9H2,1-2H3,(H2,25,26,27). The maximum Gasteiger partial charge on any atom is 0.333 e. The Morgan fingerprint density at radius 3 is 2.44 bits per heavy atom. The van der Waals surface area contributed by atoms with Gasteiger partial charge in [0.25, 0.3) is 10.0 Å². The summed E-state index contributed by atoms with van der Waals surface area (Å²) < 4.78 is 32.6. The van der Waals surface area contributed by atoms with Gasteiger partial charge in [-0.15, -0.1) is 0 Å². The minimum Gasteiger partial charge on any atom is -0.451 e. The molecular weight excluding hydrogens is 428 g/mol. The lowest BCUT2D eigenvalue weighted by atomic mass is 9.86. The maximum atomic E-state index is 12.9. The van der Waals surface area contributed by atoms with Crippen LogP contribution in [0.15, 0.2) is 34.0 Å². The molecule has 3 aliphatic rings. The van der Waals surface area contributed by atoms with Crippen LogP contribution in [0, 0.1) is 11.8 Å². The summed E-state index contributed by atoms with van der Waals surface area (Å²) in [4.78, 5) is 12.9. The molecule has 1 aromatic carbocycles. The Kier molecular flexibility index (Phi) is 5.13. The molecule has 0 atom stereocenters. The third kappa shape index (κ3) is 4.18. The van der Waals surface area contributed by atoms with Crippen LogP contribution in [0.4, 0.5) is 10.5 Å². The summed E-state index contributed by atoms with van der Waals surface area (Å²) in [6, 6.07) is 4.78. The molecule has 32 heavy (non-hydrogen) atoms. The van der Waals surface area contributed by atoms with Gasteiger partial charge in [0.1, 0.15) is 0 Å². The zero-order chi connectivity index (χ0) is 22.7. The average Bonchev–Trinajstić information content (AvgIpc) is 3.61. The molecule has 2 aromatic rings. The topological polar surface area (TPSA) is 109 Å². The van der Waals surface area contributed by atoms with Gasteiger partial charge in [0, 0.05) is 17.3 Å². The highest BCUT2D eigenvalue weighted by Gasteiger charge is 2.44. The van der Waals surface area contributed by atoms with Crippen molar-refractivity contribution in [3.05, 3.63) is 46.7 Å². The molecule has 0 saturated heterocycles. The molecule has 2 fully saturated rings. The highest BCUT2D eigenvalue weighted by Crippen LogP contribution is 2.56. The number of rotatable bonds is 7. The van der Waals surface area contributed by atoms with E-state index in [-0.39, 0.29) is 0 Å². The van der Waals surface area contributed by atoms with Gasteiger partial charge in [-0.3, -0.25) is 0 Å². The van der Waals surface area contributed by atoms with Crippen molar-refractivity contribution in [3.8, 4) is 0 Å². The second kappa shape index (κ2) is 7.63. The molecule has 8 heteroatoms. The van der Waals surface area contributed by atoms with Crippen molar-refractivity contribution >= 4 is 21.7 Å². The van der Waals surface area contributed by atoms with Crippen molar-refractivity contribution in [2.75, 3.05) is 5.32 Å². The lowest BCUT2D eigenvalue weighted by Crippen LogP contribution is -2.35. The highest BCUT2D eigenvalue weighted by atomic mass is 32.2. The number of fused-ring (bicyclic) bond motifs is 1. The van der Waals surface area contributed by atoms with Crippen LogP contribution in [-0.2, 0) is 28.5 Å². The Morgan fingerprint density at radius 1 is 1.16 bits per heavy atom. The van der Waals surface area contributed by atoms with Gasteiger partial charge in [0.2, 0.25) is 5.09 Å². The van der Waals surface area contributed by atoms with E-state index in [2.05, 4.69) is 22.2 Å². The Labute approximate surface area is 188 Å². The fraction of sp³-hybridized carbons (Fsp3) is 0.542. The molecule has 0 spiro atoms. The van der Waals surface area contributed by atoms with Crippen molar-refractivity contribution in [2.45, 2.75) is 75.4 Å². The maximum absolute atomic E-state index is 12.9. The summed E-state index contributed by atoms with van der Waals surface area (Å²) >= 11 is 0. The molecule has 0 aliphatic heterocycles. The van der Waals surface area contributed by atoms with Gasteiger partial charge in [-0.2, -0.15) is 8.42 Å². The van der Waals surface area contributed by atoms with Gasteiger partial charge in [-0.25, -0.2) is 9.52 Å². The predicted octanol–water partition coefficient (Wildman–Crippen LogP) is 4.41. The zero-order valence-corrected chi connectivity index (χ0v) is 19.3. The molecule has 5 rings (SSSR count). The third-order valence-corrected chi connectivity index (χ3v) is 8.14. The van der Waals surface area contributed by atoms with Crippen LogP contribution in [-0.4, -0.2) is 19.6 Å². The number of urea groups is 1. The number of aryl methyl sites for hydroxylation is 1. The quantitative estimate of drug-likeness (QED) is 0.569. The molecule has 1 heterocycles. The molecule has 1 aromatic heterocycles. The number of hydrogen-bond acceptors (Lipinski definition) is 5. The van der Waals surface area contributed by atoms with E-state index in [0.717, 1.165) is 36.1 Å². The van der Waals surface area contributed by atoms with Crippen LogP contribution in [0.1, 0.15) is 74.1 Å². The summed E-state index contributed by atoms with van der Waals surface area (Å²) in [5, 5.41) is 12.6. The number of carbonyl (C=O) groups excluding carboxylic acids is 1. The number of carbonyl (C=O) groups is 1. The molecule has 7 nitrogen and oxygen atoms in total. The average molecular weight is 459 g/mol. The van der Waals surface area contributed by atoms with E-state index in [9.17, 15) is 18.3 Å². The van der Waals surface area contributed by atoms with Gasteiger partial charge in [0.05, 0.1) is 11.9 Å². The van der Waals surface area contributed by atoms with E-state index >= 15 is 0 Å². The summed E-state index contributed by atoms with van der Waals surface area (Å²) in [5.41, 5.74) is 3.40. The summed E-state index contributed by atoms with van der Waals surface area (Å²) in [6.07, 6.45) is 8.98. The molecule has 0 bridgehead atoms. The minimum atomic E-state index is -4.21. The fourth-order valence-corrected chi connectivity index (χ4v) is 5.86. The van der Waals surface area contributed by atoms with E-state index in [1.54, 1.807) is 0 Å². The second-order valence-corrected chi connectivity index (χ2v) is 11.6. The van der Waals surface area contributed by atoms with E-state index < -0.39 is 26.7 Å². The summed E-state index contributed by atoms with van der Waals surface area (Å²) in [5.74, 6) is 1.77. The molecule has 3 N–H and O–H groups in total. The van der Waals surface area contributed by atoms with E-state index in [1.807, 2.05) is 0 Å². The van der Waals surface area contributed by atoms with Crippen LogP contribution in [0.3, 0.4) is 0 Å². The summed E-state index contributed by atoms with van der Waals surface area (Å²) in [6.45, 7) is 3.06. The second-order valence-electron chi connectivity index (χ2n) is 9.99. The molecule has 2 saturated carbocycles. The van der Waals surface area contributed by atoms with Crippen molar-refractivity contribution in [3.63, 3.8) is 0 Å². The minimum absolute atomic E-state index is 0.318. The largest absolute Gasteiger partial charge is 0.451 e. The lowest BCUT2D eigenvalue weighted by Gasteiger charge is -2.23. The monoisotopic (exact) mass is 458 g/mol. The number of anilines is 1. The predicted molar refractivity (Wildman–Crippen MR) is 120 cm³/mol. The van der Waals surface area contributed by atoms with Gasteiger partial charge in [-0.1, -0.05) is 12.1 Å². The molecule has 2 amide bonds. The van der Waals surface area contributed by atoms with E-state index in [0.29, 0.717) is 23.3 Å². The smallest absolute Gasteiger partial charge is 0.333 e. The molecule has 172 valence electrons. The van der Waals surface area contributed by atoms with E-state index in [4.69, 9.17) is 4.42 Å². The number of nitrogens with one attached hydrogen (secondary N) is 2. The van der Waals surface area contributed by atoms with Crippen LogP contribution < -0.4 is 10.0 Å². The van der Waals surface area contributed by atoms with Crippen molar-refractivity contribution in [1.82, 2.24) is 4.72 Å². The lowest BCUT2D eigenvalue weighted by molar-refractivity contribution is 0.0779. The van der Waals surface area contributed by atoms with Crippen LogP contribution >= 0.6 is 0 Å². The molecule has 0 unspecified atom stereocenters. The molecule has 3 aliphatic carbocycles. The van der Waals surface area contributed by atoms with Crippen molar-refractivity contribution in [1.29, 1.82) is 0 Å². The van der Waals surface area contributed by atoms with Crippen LogP contribution in [0.25, 0.3) is 0 Å². The van der Waals surface area contributed by atoms with Gasteiger partial charge >= 0.3 is 6.03 Å². The first-order valence-electron chi connectivity index (χ1n) is 11.4. The zero-order valence-electron chi connectivity index (χ0n) is 18.5. The normalized spacial score (nSPS) is 18.6. The number of aliphatic hydroxyl groups is 1. The molecular formula is C24H30N2O5S. The number of benzene rings is 1. The number of furan rings is 1. The van der Waals surface area contributed by atoms with Gasteiger partial charge < -0.3 is 14.8 Å². The number of sulfonamides is 1. The SMILES string of the molecule is CC(C)(O)c1coc(S(=O)(=O)NC(=O)Nc2c(C(C3CC3)C3CC3)ccc3c2CCC3)c1. The van der Waals surface area contributed by atoms with Crippen molar-refractivity contribution < 1.29 is 22.7 Å². The number of amides is 2. The van der Waals surface area contributed by atoms with Gasteiger partial charge in [-0.05, 0) is 93.2 Å². The Bertz CT molecular complexity index is 1140. The Balaban J connectivity index is 1.41. The first kappa shape index (κ1) is 21.5. The number of hydrogen-bond donors (Lipinski definition) is 3. The summed E-state index contributed by atoms with van der Waals surface area (Å²) in [7, 11) is -4.21. The van der Waals surface area contributed by atoms with Crippen LogP contribution in [0.5, 0.6) is 0 Å². The highest BCUT2D eigenvalue weighted by molar-refractivity contribution is 7.89. The Morgan fingerprint density at radius 2 is 1.84 bits per heavy atom. The van der Waals surface area contributed by atoms with Crippen LogP contribution in [0.2, 0.25) is 0 Å². The first-order chi connectivity index (χ1) is 15.1. The van der Waals surface area contributed by atoms with E-state index in [1.165, 1.54) is 57.4 Å². The first-order valence-corrected chi connectivity index (χ1v) is 12.9. The fourth-order valence-electron chi connectivity index (χ4n) is 5.00. The van der Waals surface area contributed by atoms with Crippen molar-refractivity contribution in [2.24, 2.45) is 11.8 Å². The Hall–Kier alpha value is -2.32.